The molecule has 2 aromatic rings. The quantitative estimate of drug-likeness (QED) is 0.595. The van der Waals surface area contributed by atoms with Crippen LogP contribution in [0.2, 0.25) is 0 Å². The van der Waals surface area contributed by atoms with Gasteiger partial charge in [0.25, 0.3) is 5.91 Å². The van der Waals surface area contributed by atoms with Crippen molar-refractivity contribution in [3.8, 4) is 0 Å². The average Bonchev–Trinajstić information content (AvgIpc) is 3.13. The van der Waals surface area contributed by atoms with E-state index in [1.165, 1.54) is 24.0 Å². The number of anilines is 1. The summed E-state index contributed by atoms with van der Waals surface area (Å²) in [6.07, 6.45) is 3.77. The first-order valence-electron chi connectivity index (χ1n) is 13.3. The topological polar surface area (TPSA) is 61.9 Å². The van der Waals surface area contributed by atoms with Crippen LogP contribution in [0.25, 0.3) is 0 Å². The highest BCUT2D eigenvalue weighted by Gasteiger charge is 2.50. The van der Waals surface area contributed by atoms with E-state index >= 15 is 0 Å². The maximum absolute atomic E-state index is 13.4. The predicted molar refractivity (Wildman–Crippen MR) is 141 cm³/mol. The molecule has 0 atom stereocenters. The van der Waals surface area contributed by atoms with Crippen LogP contribution in [0.3, 0.4) is 0 Å². The molecule has 1 N–H and O–H groups in total. The summed E-state index contributed by atoms with van der Waals surface area (Å²) in [5.41, 5.74) is 3.36. The Morgan fingerprint density at radius 3 is 2.14 bits per heavy atom. The summed E-state index contributed by atoms with van der Waals surface area (Å²) in [6, 6.07) is 18.5. The molecule has 0 saturated carbocycles. The largest absolute Gasteiger partial charge is 0.450 e. The minimum Gasteiger partial charge on any atom is -0.450 e. The fourth-order valence-electron chi connectivity index (χ4n) is 5.76. The zero-order valence-electron chi connectivity index (χ0n) is 21.5. The van der Waals surface area contributed by atoms with E-state index in [0.717, 1.165) is 50.9 Å². The number of carbonyl (C=O) groups is 2. The zero-order chi connectivity index (χ0) is 25.1. The van der Waals surface area contributed by atoms with E-state index in [1.807, 2.05) is 18.2 Å². The Hall–Kier alpha value is -2.96. The maximum Gasteiger partial charge on any atom is 0.335 e. The molecule has 1 amide bonds. The van der Waals surface area contributed by atoms with E-state index in [2.05, 4.69) is 58.4 Å². The molecule has 0 bridgehead atoms. The van der Waals surface area contributed by atoms with Crippen LogP contribution in [0.5, 0.6) is 0 Å². The van der Waals surface area contributed by atoms with Crippen LogP contribution >= 0.6 is 0 Å². The van der Waals surface area contributed by atoms with Gasteiger partial charge >= 0.3 is 5.97 Å². The third kappa shape index (κ3) is 5.40. The lowest BCUT2D eigenvalue weighted by molar-refractivity contribution is -0.150. The number of hydrogen-bond acceptors (Lipinski definition) is 5. The van der Waals surface area contributed by atoms with Gasteiger partial charge in [0.05, 0.1) is 5.57 Å². The second-order valence-electron chi connectivity index (χ2n) is 10.8. The average molecular weight is 488 g/mol. The molecular weight excluding hydrogens is 450 g/mol. The molecule has 6 nitrogen and oxygen atoms in total. The van der Waals surface area contributed by atoms with Gasteiger partial charge in [0.2, 0.25) is 0 Å². The van der Waals surface area contributed by atoms with Gasteiger partial charge in [0, 0.05) is 50.3 Å². The molecule has 0 radical (unpaired) electrons. The van der Waals surface area contributed by atoms with Crippen molar-refractivity contribution < 1.29 is 14.3 Å². The summed E-state index contributed by atoms with van der Waals surface area (Å²) in [6.45, 7) is 9.68. The van der Waals surface area contributed by atoms with Crippen molar-refractivity contribution in [1.82, 2.24) is 9.80 Å². The van der Waals surface area contributed by atoms with Crippen LogP contribution in [0.1, 0.15) is 50.7 Å². The van der Waals surface area contributed by atoms with Gasteiger partial charge in [0.15, 0.2) is 0 Å². The van der Waals surface area contributed by atoms with Gasteiger partial charge in [-0.3, -0.25) is 14.6 Å². The summed E-state index contributed by atoms with van der Waals surface area (Å²) in [7, 11) is 0. The van der Waals surface area contributed by atoms with Crippen LogP contribution in [-0.4, -0.2) is 53.5 Å². The fraction of sp³-hybridized carbons (Fsp3) is 0.467. The minimum atomic E-state index is -0.830. The molecule has 0 aliphatic carbocycles. The van der Waals surface area contributed by atoms with Crippen LogP contribution in [-0.2, 0) is 27.4 Å². The molecule has 2 aromatic carbocycles. The monoisotopic (exact) mass is 487 g/mol. The number of nitrogens with one attached hydrogen (secondary N) is 1. The molecule has 0 unspecified atom stereocenters. The van der Waals surface area contributed by atoms with Gasteiger partial charge in [0.1, 0.15) is 5.60 Å². The summed E-state index contributed by atoms with van der Waals surface area (Å²) < 4.78 is 5.88. The van der Waals surface area contributed by atoms with Gasteiger partial charge in [-0.2, -0.15) is 0 Å². The molecule has 0 aromatic heterocycles. The lowest BCUT2D eigenvalue weighted by atomic mass is 9.82. The highest BCUT2D eigenvalue weighted by Crippen LogP contribution is 2.41. The SMILES string of the molecule is CC1=C(C(=O)Nc2ccc(CN3CCC(C)CC3)cc2)C2(CCN(Cc3ccccc3)CC2)OC1=O. The maximum atomic E-state index is 13.4. The molecule has 6 heteroatoms. The predicted octanol–water partition coefficient (Wildman–Crippen LogP) is 4.77. The van der Waals surface area contributed by atoms with Crippen molar-refractivity contribution in [3.05, 3.63) is 76.9 Å². The van der Waals surface area contributed by atoms with Gasteiger partial charge in [-0.05, 0) is 62.0 Å². The van der Waals surface area contributed by atoms with Crippen LogP contribution in [0.15, 0.2) is 65.7 Å². The van der Waals surface area contributed by atoms with Crippen LogP contribution in [0, 0.1) is 5.92 Å². The molecule has 3 aliphatic heterocycles. The number of amides is 1. The van der Waals surface area contributed by atoms with Crippen molar-refractivity contribution in [2.45, 2.75) is 58.2 Å². The number of ether oxygens (including phenoxy) is 1. The van der Waals surface area contributed by atoms with E-state index < -0.39 is 5.60 Å². The minimum absolute atomic E-state index is 0.229. The Bertz CT molecular complexity index is 1110. The first-order valence-corrected chi connectivity index (χ1v) is 13.3. The first kappa shape index (κ1) is 24.7. The van der Waals surface area contributed by atoms with E-state index in [-0.39, 0.29) is 11.9 Å². The third-order valence-corrected chi connectivity index (χ3v) is 8.06. The van der Waals surface area contributed by atoms with Gasteiger partial charge in [-0.1, -0.05) is 49.4 Å². The van der Waals surface area contributed by atoms with Gasteiger partial charge < -0.3 is 10.1 Å². The molecule has 5 rings (SSSR count). The zero-order valence-corrected chi connectivity index (χ0v) is 21.5. The molecule has 190 valence electrons. The number of hydrogen-bond donors (Lipinski definition) is 1. The second kappa shape index (κ2) is 10.6. The van der Waals surface area contributed by atoms with E-state index in [0.29, 0.717) is 24.0 Å². The van der Waals surface area contributed by atoms with Crippen LogP contribution in [0.4, 0.5) is 5.69 Å². The van der Waals surface area contributed by atoms with E-state index in [1.54, 1.807) is 6.92 Å². The lowest BCUT2D eigenvalue weighted by Gasteiger charge is -2.39. The summed E-state index contributed by atoms with van der Waals surface area (Å²) in [5.74, 6) is 0.220. The van der Waals surface area contributed by atoms with Gasteiger partial charge in [-0.25, -0.2) is 4.79 Å². The van der Waals surface area contributed by atoms with Crippen molar-refractivity contribution in [2.75, 3.05) is 31.5 Å². The summed E-state index contributed by atoms with van der Waals surface area (Å²) in [4.78, 5) is 30.8. The van der Waals surface area contributed by atoms with Gasteiger partial charge in [-0.15, -0.1) is 0 Å². The Balaban J connectivity index is 1.21. The first-order chi connectivity index (χ1) is 17.4. The molecule has 3 heterocycles. The Morgan fingerprint density at radius 2 is 1.50 bits per heavy atom. The van der Waals surface area contributed by atoms with Crippen molar-refractivity contribution in [3.63, 3.8) is 0 Å². The van der Waals surface area contributed by atoms with Crippen molar-refractivity contribution in [2.24, 2.45) is 5.92 Å². The number of benzene rings is 2. The smallest absolute Gasteiger partial charge is 0.335 e. The number of esters is 1. The number of nitrogens with zero attached hydrogens (tertiary/aromatic N) is 2. The molecule has 3 aliphatic rings. The normalized spacial score (nSPS) is 21.1. The highest BCUT2D eigenvalue weighted by molar-refractivity contribution is 6.12. The summed E-state index contributed by atoms with van der Waals surface area (Å²) in [5, 5.41) is 3.04. The lowest BCUT2D eigenvalue weighted by Crippen LogP contribution is -2.47. The molecule has 2 saturated heterocycles. The summed E-state index contributed by atoms with van der Waals surface area (Å²) >= 11 is 0. The van der Waals surface area contributed by atoms with E-state index in [9.17, 15) is 9.59 Å². The molecule has 2 fully saturated rings. The number of carbonyl (C=O) groups excluding carboxylic acids is 2. The fourth-order valence-corrected chi connectivity index (χ4v) is 5.76. The number of likely N-dealkylation sites (tertiary alicyclic amines) is 2. The highest BCUT2D eigenvalue weighted by atomic mass is 16.6. The van der Waals surface area contributed by atoms with Crippen molar-refractivity contribution >= 4 is 17.6 Å². The van der Waals surface area contributed by atoms with E-state index in [4.69, 9.17) is 4.74 Å². The number of piperidine rings is 2. The Kier molecular flexibility index (Phi) is 7.26. The van der Waals surface area contributed by atoms with Crippen molar-refractivity contribution in [1.29, 1.82) is 0 Å². The Morgan fingerprint density at radius 1 is 0.917 bits per heavy atom. The molecule has 1 spiro atoms. The molecule has 36 heavy (non-hydrogen) atoms. The number of rotatable bonds is 6. The van der Waals surface area contributed by atoms with Crippen LogP contribution < -0.4 is 5.32 Å². The Labute approximate surface area is 214 Å². The second-order valence-corrected chi connectivity index (χ2v) is 10.8. The third-order valence-electron chi connectivity index (χ3n) is 8.06. The molecular formula is C30H37N3O3. The standard InChI is InChI=1S/C30H37N3O3/c1-22-12-16-32(17-13-22)21-25-8-10-26(11-9-25)31-28(34)27-23(2)29(35)36-30(27)14-18-33(19-15-30)20-24-6-4-3-5-7-24/h3-11,22H,12-21H2,1-2H3,(H,31,34).